The second-order valence-corrected chi connectivity index (χ2v) is 8.23. The fourth-order valence-electron chi connectivity index (χ4n) is 4.00. The largest absolute Gasteiger partial charge is 0.493 e. The van der Waals surface area contributed by atoms with Crippen molar-refractivity contribution in [3.05, 3.63) is 53.2 Å². The van der Waals surface area contributed by atoms with Gasteiger partial charge in [-0.3, -0.25) is 0 Å². The monoisotopic (exact) mass is 422 g/mol. The molecule has 7 heteroatoms. The van der Waals surface area contributed by atoms with E-state index in [4.69, 9.17) is 9.73 Å². The number of fused-ring (bicyclic) bond motifs is 1. The van der Waals surface area contributed by atoms with Crippen LogP contribution < -0.4 is 20.3 Å². The SMILES string of the molecule is CCNC(=NCc1ccnc(N2CCN(C)CC2)c1)NCCc1ccc2c(c1)CCO2. The number of nitrogens with one attached hydrogen (secondary N) is 2. The van der Waals surface area contributed by atoms with E-state index in [9.17, 15) is 0 Å². The number of ether oxygens (including phenoxy) is 1. The van der Waals surface area contributed by atoms with Crippen LogP contribution in [0, 0.1) is 0 Å². The molecule has 0 atom stereocenters. The Hall–Kier alpha value is -2.80. The molecule has 0 radical (unpaired) electrons. The highest BCUT2D eigenvalue weighted by Gasteiger charge is 2.15. The third-order valence-corrected chi connectivity index (χ3v) is 5.86. The molecule has 2 N–H and O–H groups in total. The van der Waals surface area contributed by atoms with Crippen LogP contribution in [-0.4, -0.2) is 68.8 Å². The molecule has 1 fully saturated rings. The van der Waals surface area contributed by atoms with Crippen LogP contribution in [0.15, 0.2) is 41.5 Å². The van der Waals surface area contributed by atoms with E-state index in [0.29, 0.717) is 6.54 Å². The third-order valence-electron chi connectivity index (χ3n) is 5.86. The first-order valence-corrected chi connectivity index (χ1v) is 11.4. The van der Waals surface area contributed by atoms with E-state index in [-0.39, 0.29) is 0 Å². The number of pyridine rings is 1. The van der Waals surface area contributed by atoms with Crippen LogP contribution in [0.5, 0.6) is 5.75 Å². The van der Waals surface area contributed by atoms with Gasteiger partial charge in [-0.1, -0.05) is 12.1 Å². The lowest BCUT2D eigenvalue weighted by Crippen LogP contribution is -2.44. The average Bonchev–Trinajstić information content (AvgIpc) is 3.26. The van der Waals surface area contributed by atoms with Gasteiger partial charge in [0.2, 0.25) is 0 Å². The summed E-state index contributed by atoms with van der Waals surface area (Å²) in [6, 6.07) is 10.8. The van der Waals surface area contributed by atoms with Gasteiger partial charge in [-0.05, 0) is 55.3 Å². The van der Waals surface area contributed by atoms with Gasteiger partial charge < -0.3 is 25.2 Å². The molecule has 4 rings (SSSR count). The van der Waals surface area contributed by atoms with E-state index in [1.54, 1.807) is 0 Å². The first-order valence-electron chi connectivity index (χ1n) is 11.4. The van der Waals surface area contributed by atoms with E-state index in [2.05, 4.69) is 69.7 Å². The van der Waals surface area contributed by atoms with E-state index in [1.165, 1.54) is 16.7 Å². The molecule has 1 aromatic carbocycles. The molecule has 1 saturated heterocycles. The number of hydrogen-bond acceptors (Lipinski definition) is 5. The van der Waals surface area contributed by atoms with Gasteiger partial charge in [-0.15, -0.1) is 0 Å². The highest BCUT2D eigenvalue weighted by Crippen LogP contribution is 2.25. The second-order valence-electron chi connectivity index (χ2n) is 8.23. The fourth-order valence-corrected chi connectivity index (χ4v) is 4.00. The Labute approximate surface area is 185 Å². The van der Waals surface area contributed by atoms with Gasteiger partial charge in [-0.25, -0.2) is 9.98 Å². The van der Waals surface area contributed by atoms with Crippen molar-refractivity contribution in [1.29, 1.82) is 0 Å². The standard InChI is InChI=1S/C24H34N6O/c1-3-25-24(27-10-6-19-4-5-22-21(16-19)8-15-31-22)28-18-20-7-9-26-23(17-20)30-13-11-29(2)12-14-30/h4-5,7,9,16-17H,3,6,8,10-15,18H2,1-2H3,(H2,25,27,28). The second kappa shape index (κ2) is 10.5. The average molecular weight is 423 g/mol. The van der Waals surface area contributed by atoms with Crippen LogP contribution in [0.2, 0.25) is 0 Å². The molecule has 2 aliphatic heterocycles. The summed E-state index contributed by atoms with van der Waals surface area (Å²) in [5, 5.41) is 6.82. The topological polar surface area (TPSA) is 65.0 Å². The van der Waals surface area contributed by atoms with Gasteiger partial charge in [0, 0.05) is 51.9 Å². The normalized spacial score (nSPS) is 16.7. The maximum atomic E-state index is 5.60. The zero-order valence-electron chi connectivity index (χ0n) is 18.7. The van der Waals surface area contributed by atoms with E-state index in [0.717, 1.165) is 76.2 Å². The number of hydrogen-bond donors (Lipinski definition) is 2. The van der Waals surface area contributed by atoms with Crippen molar-refractivity contribution in [3.63, 3.8) is 0 Å². The zero-order valence-corrected chi connectivity index (χ0v) is 18.7. The smallest absolute Gasteiger partial charge is 0.191 e. The molecule has 0 aliphatic carbocycles. The summed E-state index contributed by atoms with van der Waals surface area (Å²) < 4.78 is 5.60. The van der Waals surface area contributed by atoms with Crippen molar-refractivity contribution in [3.8, 4) is 5.75 Å². The molecule has 3 heterocycles. The summed E-state index contributed by atoms with van der Waals surface area (Å²) in [5.74, 6) is 2.95. The summed E-state index contributed by atoms with van der Waals surface area (Å²) in [6.07, 6.45) is 3.87. The molecule has 0 amide bonds. The van der Waals surface area contributed by atoms with Crippen molar-refractivity contribution in [2.75, 3.05) is 57.8 Å². The molecular weight excluding hydrogens is 388 g/mol. The quantitative estimate of drug-likeness (QED) is 0.526. The molecule has 0 spiro atoms. The molecule has 7 nitrogen and oxygen atoms in total. The number of likely N-dealkylation sites (N-methyl/N-ethyl adjacent to an activating group) is 1. The molecule has 0 saturated carbocycles. The van der Waals surface area contributed by atoms with Gasteiger partial charge in [0.15, 0.2) is 5.96 Å². The Balaban J connectivity index is 1.31. The first kappa shape index (κ1) is 21.4. The minimum Gasteiger partial charge on any atom is -0.493 e. The van der Waals surface area contributed by atoms with Crippen molar-refractivity contribution in [1.82, 2.24) is 20.5 Å². The van der Waals surface area contributed by atoms with Gasteiger partial charge >= 0.3 is 0 Å². The van der Waals surface area contributed by atoms with Crippen LogP contribution in [-0.2, 0) is 19.4 Å². The van der Waals surface area contributed by atoms with Gasteiger partial charge in [-0.2, -0.15) is 0 Å². The molecular formula is C24H34N6O. The van der Waals surface area contributed by atoms with Crippen LogP contribution in [0.25, 0.3) is 0 Å². The molecule has 166 valence electrons. The van der Waals surface area contributed by atoms with Gasteiger partial charge in [0.05, 0.1) is 13.2 Å². The summed E-state index contributed by atoms with van der Waals surface area (Å²) in [6.45, 7) is 9.42. The summed E-state index contributed by atoms with van der Waals surface area (Å²) in [5.41, 5.74) is 3.84. The summed E-state index contributed by atoms with van der Waals surface area (Å²) >= 11 is 0. The lowest BCUT2D eigenvalue weighted by atomic mass is 10.1. The molecule has 2 aliphatic rings. The summed E-state index contributed by atoms with van der Waals surface area (Å²) in [4.78, 5) is 14.1. The zero-order chi connectivity index (χ0) is 21.5. The van der Waals surface area contributed by atoms with Gasteiger partial charge in [0.1, 0.15) is 11.6 Å². The Kier molecular flexibility index (Phi) is 7.25. The number of nitrogens with zero attached hydrogens (tertiary/aromatic N) is 4. The fraction of sp³-hybridized carbons (Fsp3) is 0.500. The van der Waals surface area contributed by atoms with E-state index < -0.39 is 0 Å². The highest BCUT2D eigenvalue weighted by atomic mass is 16.5. The Morgan fingerprint density at radius 1 is 1.10 bits per heavy atom. The van der Waals surface area contributed by atoms with Gasteiger partial charge in [0.25, 0.3) is 0 Å². The van der Waals surface area contributed by atoms with Crippen LogP contribution in [0.1, 0.15) is 23.6 Å². The number of benzene rings is 1. The third kappa shape index (κ3) is 5.88. The van der Waals surface area contributed by atoms with Crippen LogP contribution >= 0.6 is 0 Å². The van der Waals surface area contributed by atoms with E-state index >= 15 is 0 Å². The Morgan fingerprint density at radius 3 is 2.81 bits per heavy atom. The molecule has 2 aromatic rings. The minimum atomic E-state index is 0.634. The predicted octanol–water partition coefficient (Wildman–Crippen LogP) is 2.07. The van der Waals surface area contributed by atoms with Crippen molar-refractivity contribution < 1.29 is 4.74 Å². The lowest BCUT2D eigenvalue weighted by Gasteiger charge is -2.33. The number of piperazine rings is 1. The Bertz CT molecular complexity index is 891. The van der Waals surface area contributed by atoms with Crippen molar-refractivity contribution in [2.24, 2.45) is 4.99 Å². The summed E-state index contributed by atoms with van der Waals surface area (Å²) in [7, 11) is 2.17. The molecule has 0 unspecified atom stereocenters. The Morgan fingerprint density at radius 2 is 1.97 bits per heavy atom. The molecule has 0 bridgehead atoms. The first-order chi connectivity index (χ1) is 15.2. The number of anilines is 1. The number of rotatable bonds is 7. The number of guanidine groups is 1. The molecule has 31 heavy (non-hydrogen) atoms. The highest BCUT2D eigenvalue weighted by molar-refractivity contribution is 5.79. The lowest BCUT2D eigenvalue weighted by molar-refractivity contribution is 0.312. The number of aromatic nitrogens is 1. The maximum absolute atomic E-state index is 5.60. The minimum absolute atomic E-state index is 0.634. The van der Waals surface area contributed by atoms with Crippen molar-refractivity contribution in [2.45, 2.75) is 26.3 Å². The number of aliphatic imine (C=N–C) groups is 1. The molecule has 1 aromatic heterocycles. The maximum Gasteiger partial charge on any atom is 0.191 e. The van der Waals surface area contributed by atoms with Crippen LogP contribution in [0.4, 0.5) is 5.82 Å². The predicted molar refractivity (Wildman–Crippen MR) is 126 cm³/mol. The van der Waals surface area contributed by atoms with E-state index in [1.807, 2.05) is 6.20 Å². The van der Waals surface area contributed by atoms with Crippen LogP contribution in [0.3, 0.4) is 0 Å². The van der Waals surface area contributed by atoms with Crippen molar-refractivity contribution >= 4 is 11.8 Å².